The third-order valence-electron chi connectivity index (χ3n) is 6.92. The molecule has 0 spiro atoms. The van der Waals surface area contributed by atoms with Crippen LogP contribution in [0, 0.1) is 5.92 Å². The molecule has 1 aliphatic rings. The van der Waals surface area contributed by atoms with Crippen molar-refractivity contribution in [1.29, 1.82) is 0 Å². The number of aryl methyl sites for hydroxylation is 1. The first-order valence-corrected chi connectivity index (χ1v) is 13.0. The van der Waals surface area contributed by atoms with E-state index in [-0.39, 0.29) is 41.9 Å². The quantitative estimate of drug-likeness (QED) is 0.226. The number of carbonyl (C=O) groups excluding carboxylic acids is 3. The first-order chi connectivity index (χ1) is 18.3. The van der Waals surface area contributed by atoms with Gasteiger partial charge in [-0.1, -0.05) is 19.8 Å². The second-order valence-electron chi connectivity index (χ2n) is 9.94. The largest absolute Gasteiger partial charge is 0.416 e. The van der Waals surface area contributed by atoms with Gasteiger partial charge in [-0.15, -0.1) is 0 Å². The van der Waals surface area contributed by atoms with Crippen molar-refractivity contribution < 1.29 is 40.7 Å². The van der Waals surface area contributed by atoms with E-state index in [4.69, 9.17) is 0 Å². The van der Waals surface area contributed by atoms with Crippen LogP contribution in [-0.2, 0) is 34.8 Å². The Morgan fingerprint density at radius 3 is 2.08 bits per heavy atom. The maximum absolute atomic E-state index is 13.2. The molecule has 0 aliphatic heterocycles. The van der Waals surface area contributed by atoms with Crippen LogP contribution in [0.2, 0.25) is 0 Å². The van der Waals surface area contributed by atoms with Gasteiger partial charge in [0, 0.05) is 36.4 Å². The fourth-order valence-electron chi connectivity index (χ4n) is 4.78. The van der Waals surface area contributed by atoms with Crippen LogP contribution in [0.5, 0.6) is 0 Å². The van der Waals surface area contributed by atoms with E-state index in [0.717, 1.165) is 19.3 Å². The Bertz CT molecular complexity index is 1170. The fraction of sp³-hybridized carbons (Fsp3) is 0.483. The number of hydrogen-bond acceptors (Lipinski definition) is 3. The third kappa shape index (κ3) is 8.66. The zero-order chi connectivity index (χ0) is 28.8. The Hall–Kier alpha value is -3.17. The molecule has 0 saturated heterocycles. The van der Waals surface area contributed by atoms with Crippen LogP contribution in [0.15, 0.2) is 36.4 Å². The smallest absolute Gasteiger partial charge is 0.326 e. The molecule has 0 radical (unpaired) electrons. The molecule has 39 heavy (non-hydrogen) atoms. The molecule has 0 fully saturated rings. The highest BCUT2D eigenvalue weighted by Crippen LogP contribution is 2.38. The second kappa shape index (κ2) is 12.8. The van der Waals surface area contributed by atoms with E-state index in [1.165, 1.54) is 6.07 Å². The topological polar surface area (TPSA) is 63.2 Å². The van der Waals surface area contributed by atoms with Gasteiger partial charge in [-0.3, -0.25) is 14.4 Å². The number of benzene rings is 2. The number of hydrogen-bond donors (Lipinski definition) is 1. The number of unbranched alkanes of at least 4 members (excludes halogenated alkanes) is 3. The van der Waals surface area contributed by atoms with Gasteiger partial charge < -0.3 is 5.32 Å². The molecule has 1 atom stereocenters. The maximum Gasteiger partial charge on any atom is 0.416 e. The standard InChI is InChI=1S/C29H31F6NO3/c1-2-24(37)7-5-3-4-6-8-26(38)36-23-11-12-25-19(16-23)9-10-20(27(25)39)13-18-14-21(28(30,31)32)17-22(15-18)29(33,34)35/h11-12,14-17,20H,2-10,13H2,1H3,(H,36,38). The summed E-state index contributed by atoms with van der Waals surface area (Å²) in [4.78, 5) is 36.7. The molecule has 2 aromatic carbocycles. The minimum atomic E-state index is -4.95. The van der Waals surface area contributed by atoms with Crippen molar-refractivity contribution in [3.63, 3.8) is 0 Å². The van der Waals surface area contributed by atoms with Gasteiger partial charge in [-0.25, -0.2) is 0 Å². The van der Waals surface area contributed by atoms with Gasteiger partial charge in [0.05, 0.1) is 11.1 Å². The number of anilines is 1. The SMILES string of the molecule is CCC(=O)CCCCCCC(=O)Nc1ccc2c(c1)CCC(Cc1cc(C(F)(F)F)cc(C(F)(F)F)c1)C2=O. The van der Waals surface area contributed by atoms with Gasteiger partial charge in [0.25, 0.3) is 0 Å². The zero-order valence-corrected chi connectivity index (χ0v) is 21.6. The number of ketones is 2. The lowest BCUT2D eigenvalue weighted by atomic mass is 9.79. The second-order valence-corrected chi connectivity index (χ2v) is 9.94. The Labute approximate surface area is 223 Å². The van der Waals surface area contributed by atoms with E-state index >= 15 is 0 Å². The molecule has 3 rings (SSSR count). The van der Waals surface area contributed by atoms with Gasteiger partial charge in [0.1, 0.15) is 5.78 Å². The highest BCUT2D eigenvalue weighted by molar-refractivity contribution is 6.01. The number of rotatable bonds is 11. The van der Waals surface area contributed by atoms with E-state index in [9.17, 15) is 40.7 Å². The molecule has 10 heteroatoms. The number of fused-ring (bicyclic) bond motifs is 1. The predicted octanol–water partition coefficient (Wildman–Crippen LogP) is 7.97. The molecule has 4 nitrogen and oxygen atoms in total. The molecular formula is C29H31F6NO3. The number of halogens is 6. The lowest BCUT2D eigenvalue weighted by Gasteiger charge is -2.24. The molecule has 1 N–H and O–H groups in total. The van der Waals surface area contributed by atoms with Crippen molar-refractivity contribution >= 4 is 23.2 Å². The van der Waals surface area contributed by atoms with Gasteiger partial charge in [-0.2, -0.15) is 26.3 Å². The van der Waals surface area contributed by atoms with Crippen molar-refractivity contribution in [1.82, 2.24) is 0 Å². The number of Topliss-reactive ketones (excluding diaryl/α,β-unsaturated/α-hetero) is 2. The van der Waals surface area contributed by atoms with Crippen molar-refractivity contribution in [3.8, 4) is 0 Å². The number of amides is 1. The van der Waals surface area contributed by atoms with Crippen molar-refractivity contribution in [3.05, 3.63) is 64.2 Å². The molecule has 0 heterocycles. The first-order valence-electron chi connectivity index (χ1n) is 13.0. The minimum Gasteiger partial charge on any atom is -0.326 e. The molecule has 0 bridgehead atoms. The lowest BCUT2D eigenvalue weighted by Crippen LogP contribution is -2.25. The van der Waals surface area contributed by atoms with Gasteiger partial charge >= 0.3 is 12.4 Å². The number of carbonyl (C=O) groups is 3. The zero-order valence-electron chi connectivity index (χ0n) is 21.6. The molecule has 1 unspecified atom stereocenters. The third-order valence-corrected chi connectivity index (χ3v) is 6.92. The Morgan fingerprint density at radius 2 is 1.49 bits per heavy atom. The maximum atomic E-state index is 13.2. The molecule has 0 saturated carbocycles. The molecule has 1 amide bonds. The normalized spacial score (nSPS) is 15.7. The van der Waals surface area contributed by atoms with E-state index in [1.54, 1.807) is 12.1 Å². The molecule has 0 aromatic heterocycles. The Morgan fingerprint density at radius 1 is 0.872 bits per heavy atom. The summed E-state index contributed by atoms with van der Waals surface area (Å²) in [5.41, 5.74) is -1.44. The molecular weight excluding hydrogens is 524 g/mol. The van der Waals surface area contributed by atoms with E-state index in [1.807, 2.05) is 6.92 Å². The summed E-state index contributed by atoms with van der Waals surface area (Å²) in [7, 11) is 0. The molecule has 1 aliphatic carbocycles. The van der Waals surface area contributed by atoms with Gasteiger partial charge in [0.15, 0.2) is 5.78 Å². The molecule has 2 aromatic rings. The summed E-state index contributed by atoms with van der Waals surface area (Å²) >= 11 is 0. The van der Waals surface area contributed by atoms with Crippen molar-refractivity contribution in [2.75, 3.05) is 5.32 Å². The lowest BCUT2D eigenvalue weighted by molar-refractivity contribution is -0.143. The molecule has 212 valence electrons. The summed E-state index contributed by atoms with van der Waals surface area (Å²) in [6, 6.07) is 6.20. The van der Waals surface area contributed by atoms with E-state index < -0.39 is 29.4 Å². The van der Waals surface area contributed by atoms with Crippen LogP contribution in [0.1, 0.15) is 90.9 Å². The highest BCUT2D eigenvalue weighted by atomic mass is 19.4. The predicted molar refractivity (Wildman–Crippen MR) is 134 cm³/mol. The van der Waals surface area contributed by atoms with E-state index in [2.05, 4.69) is 5.32 Å². The average Bonchev–Trinajstić information content (AvgIpc) is 2.86. The number of alkyl halides is 6. The summed E-state index contributed by atoms with van der Waals surface area (Å²) in [6.07, 6.45) is -4.86. The summed E-state index contributed by atoms with van der Waals surface area (Å²) in [5, 5.41) is 2.80. The van der Waals surface area contributed by atoms with E-state index in [0.29, 0.717) is 61.1 Å². The van der Waals surface area contributed by atoms with Crippen LogP contribution in [0.4, 0.5) is 32.0 Å². The fourth-order valence-corrected chi connectivity index (χ4v) is 4.78. The summed E-state index contributed by atoms with van der Waals surface area (Å²) in [5.74, 6) is -1.04. The number of nitrogens with one attached hydrogen (secondary N) is 1. The monoisotopic (exact) mass is 555 g/mol. The van der Waals surface area contributed by atoms with Crippen LogP contribution in [0.25, 0.3) is 0 Å². The van der Waals surface area contributed by atoms with Crippen LogP contribution in [0.3, 0.4) is 0 Å². The van der Waals surface area contributed by atoms with Crippen molar-refractivity contribution in [2.24, 2.45) is 5.92 Å². The first kappa shape index (κ1) is 30.4. The Kier molecular flexibility index (Phi) is 9.96. The Balaban J connectivity index is 1.60. The minimum absolute atomic E-state index is 0.0765. The highest BCUT2D eigenvalue weighted by Gasteiger charge is 2.37. The van der Waals surface area contributed by atoms with Crippen molar-refractivity contribution in [2.45, 2.75) is 83.5 Å². The van der Waals surface area contributed by atoms with Gasteiger partial charge in [0.2, 0.25) is 5.91 Å². The average molecular weight is 556 g/mol. The van der Waals surface area contributed by atoms with Gasteiger partial charge in [-0.05, 0) is 79.6 Å². The van der Waals surface area contributed by atoms with Crippen LogP contribution in [-0.4, -0.2) is 17.5 Å². The van der Waals surface area contributed by atoms with Crippen LogP contribution >= 0.6 is 0 Å². The van der Waals surface area contributed by atoms with Crippen LogP contribution < -0.4 is 5.32 Å². The summed E-state index contributed by atoms with van der Waals surface area (Å²) < 4.78 is 79.2. The summed E-state index contributed by atoms with van der Waals surface area (Å²) in [6.45, 7) is 1.83.